The average molecular weight is 226 g/mol. The maximum absolute atomic E-state index is 6.08. The summed E-state index contributed by atoms with van der Waals surface area (Å²) in [6.45, 7) is 4.64. The van der Waals surface area contributed by atoms with E-state index in [-0.39, 0.29) is 5.54 Å². The molecule has 0 aromatic heterocycles. The number of hydrogen-bond acceptors (Lipinski definition) is 2. The predicted molar refractivity (Wildman–Crippen MR) is 62.1 cm³/mol. The van der Waals surface area contributed by atoms with Crippen molar-refractivity contribution in [1.29, 1.82) is 0 Å². The van der Waals surface area contributed by atoms with Crippen molar-refractivity contribution in [3.8, 4) is 0 Å². The van der Waals surface area contributed by atoms with Crippen LogP contribution in [0.2, 0.25) is 5.02 Å². The van der Waals surface area contributed by atoms with Crippen molar-refractivity contribution in [3.05, 3.63) is 34.9 Å². The van der Waals surface area contributed by atoms with Crippen molar-refractivity contribution < 1.29 is 4.74 Å². The maximum atomic E-state index is 6.08. The molecule has 1 aliphatic rings. The summed E-state index contributed by atoms with van der Waals surface area (Å²) in [5.74, 6) is 0. The first-order chi connectivity index (χ1) is 7.20. The van der Waals surface area contributed by atoms with E-state index in [2.05, 4.69) is 18.3 Å². The van der Waals surface area contributed by atoms with Crippen molar-refractivity contribution >= 4 is 11.6 Å². The topological polar surface area (TPSA) is 21.3 Å². The fraction of sp³-hybridized carbons (Fsp3) is 0.500. The van der Waals surface area contributed by atoms with Crippen LogP contribution in [0.4, 0.5) is 0 Å². The van der Waals surface area contributed by atoms with E-state index in [0.29, 0.717) is 0 Å². The van der Waals surface area contributed by atoms with Crippen LogP contribution in [0.1, 0.15) is 18.9 Å². The third kappa shape index (κ3) is 2.71. The Morgan fingerprint density at radius 3 is 2.93 bits per heavy atom. The molecular weight excluding hydrogens is 210 g/mol. The number of rotatable bonds is 3. The molecule has 15 heavy (non-hydrogen) atoms. The standard InChI is InChI=1S/C12H16ClNO/c1-12(6-7-15-9-12)14-8-10-4-2-3-5-11(10)13/h2-5,14H,6-9H2,1H3. The van der Waals surface area contributed by atoms with Crippen molar-refractivity contribution in [1.82, 2.24) is 5.32 Å². The summed E-state index contributed by atoms with van der Waals surface area (Å²) in [6, 6.07) is 7.93. The van der Waals surface area contributed by atoms with E-state index in [1.54, 1.807) is 0 Å². The molecule has 1 unspecified atom stereocenters. The van der Waals surface area contributed by atoms with Crippen molar-refractivity contribution in [3.63, 3.8) is 0 Å². The zero-order valence-corrected chi connectivity index (χ0v) is 9.68. The Kier molecular flexibility index (Phi) is 3.29. The molecule has 1 N–H and O–H groups in total. The van der Waals surface area contributed by atoms with E-state index in [9.17, 15) is 0 Å². The lowest BCUT2D eigenvalue weighted by molar-refractivity contribution is 0.171. The molecule has 1 atom stereocenters. The molecule has 3 heteroatoms. The highest BCUT2D eigenvalue weighted by atomic mass is 35.5. The Bertz CT molecular complexity index is 334. The summed E-state index contributed by atoms with van der Waals surface area (Å²) in [6.07, 6.45) is 1.07. The molecule has 0 bridgehead atoms. The summed E-state index contributed by atoms with van der Waals surface area (Å²) in [5, 5.41) is 4.33. The van der Waals surface area contributed by atoms with Gasteiger partial charge < -0.3 is 10.1 Å². The second kappa shape index (κ2) is 4.52. The highest BCUT2D eigenvalue weighted by Gasteiger charge is 2.28. The van der Waals surface area contributed by atoms with Crippen LogP contribution in [0.25, 0.3) is 0 Å². The lowest BCUT2D eigenvalue weighted by Crippen LogP contribution is -2.42. The van der Waals surface area contributed by atoms with Crippen LogP contribution in [0.5, 0.6) is 0 Å². The SMILES string of the molecule is CC1(NCc2ccccc2Cl)CCOC1. The van der Waals surface area contributed by atoms with Gasteiger partial charge in [-0.2, -0.15) is 0 Å². The van der Waals surface area contributed by atoms with E-state index < -0.39 is 0 Å². The van der Waals surface area contributed by atoms with Gasteiger partial charge in [0.15, 0.2) is 0 Å². The minimum absolute atomic E-state index is 0.110. The van der Waals surface area contributed by atoms with Crippen molar-refractivity contribution in [2.24, 2.45) is 0 Å². The zero-order chi connectivity index (χ0) is 10.7. The summed E-state index contributed by atoms with van der Waals surface area (Å²) in [7, 11) is 0. The molecular formula is C12H16ClNO. The Balaban J connectivity index is 1.95. The van der Waals surface area contributed by atoms with Gasteiger partial charge in [-0.1, -0.05) is 29.8 Å². The van der Waals surface area contributed by atoms with Gasteiger partial charge in [0.1, 0.15) is 0 Å². The smallest absolute Gasteiger partial charge is 0.0646 e. The molecule has 0 amide bonds. The number of nitrogens with one attached hydrogen (secondary N) is 1. The fourth-order valence-electron chi connectivity index (χ4n) is 1.76. The van der Waals surface area contributed by atoms with Crippen LogP contribution < -0.4 is 5.32 Å². The lowest BCUT2D eigenvalue weighted by atomic mass is 10.0. The van der Waals surface area contributed by atoms with Crippen LogP contribution >= 0.6 is 11.6 Å². The predicted octanol–water partition coefficient (Wildman–Crippen LogP) is 2.61. The van der Waals surface area contributed by atoms with E-state index >= 15 is 0 Å². The normalized spacial score (nSPS) is 25.7. The Hall–Kier alpha value is -0.570. The van der Waals surface area contributed by atoms with Crippen LogP contribution in [0, 0.1) is 0 Å². The van der Waals surface area contributed by atoms with Gasteiger partial charge in [-0.15, -0.1) is 0 Å². The average Bonchev–Trinajstić information content (AvgIpc) is 2.65. The van der Waals surface area contributed by atoms with Gasteiger partial charge in [-0.05, 0) is 25.0 Å². The fourth-order valence-corrected chi connectivity index (χ4v) is 1.96. The monoisotopic (exact) mass is 225 g/mol. The molecule has 1 aromatic rings. The highest BCUT2D eigenvalue weighted by Crippen LogP contribution is 2.20. The van der Waals surface area contributed by atoms with Gasteiger partial charge in [0, 0.05) is 23.7 Å². The van der Waals surface area contributed by atoms with E-state index in [1.165, 1.54) is 0 Å². The molecule has 1 fully saturated rings. The molecule has 1 heterocycles. The third-order valence-electron chi connectivity index (χ3n) is 2.88. The van der Waals surface area contributed by atoms with Crippen molar-refractivity contribution in [2.45, 2.75) is 25.4 Å². The van der Waals surface area contributed by atoms with Gasteiger partial charge in [0.25, 0.3) is 0 Å². The number of benzene rings is 1. The van der Waals surface area contributed by atoms with Crippen LogP contribution in [0.15, 0.2) is 24.3 Å². The van der Waals surface area contributed by atoms with E-state index in [1.807, 2.05) is 18.2 Å². The molecule has 2 rings (SSSR count). The number of ether oxygens (including phenoxy) is 1. The summed E-state index contributed by atoms with van der Waals surface area (Å²) < 4.78 is 5.38. The highest BCUT2D eigenvalue weighted by molar-refractivity contribution is 6.31. The van der Waals surface area contributed by atoms with Gasteiger partial charge in [-0.3, -0.25) is 0 Å². The Labute approximate surface area is 95.6 Å². The maximum Gasteiger partial charge on any atom is 0.0646 e. The molecule has 1 aromatic carbocycles. The first kappa shape index (κ1) is 10.9. The second-order valence-corrected chi connectivity index (χ2v) is 4.72. The van der Waals surface area contributed by atoms with Crippen molar-refractivity contribution in [2.75, 3.05) is 13.2 Å². The van der Waals surface area contributed by atoms with Gasteiger partial charge in [0.05, 0.1) is 6.61 Å². The Morgan fingerprint density at radius 2 is 2.27 bits per heavy atom. The molecule has 0 radical (unpaired) electrons. The molecule has 0 spiro atoms. The molecule has 2 nitrogen and oxygen atoms in total. The van der Waals surface area contributed by atoms with Gasteiger partial charge in [-0.25, -0.2) is 0 Å². The summed E-state index contributed by atoms with van der Waals surface area (Å²) in [4.78, 5) is 0. The minimum atomic E-state index is 0.110. The molecule has 82 valence electrons. The first-order valence-corrected chi connectivity index (χ1v) is 5.64. The van der Waals surface area contributed by atoms with Crippen LogP contribution in [-0.4, -0.2) is 18.8 Å². The molecule has 1 aliphatic heterocycles. The zero-order valence-electron chi connectivity index (χ0n) is 8.92. The number of halogens is 1. The van der Waals surface area contributed by atoms with E-state index in [0.717, 1.165) is 36.8 Å². The lowest BCUT2D eigenvalue weighted by Gasteiger charge is -2.23. The van der Waals surface area contributed by atoms with Gasteiger partial charge >= 0.3 is 0 Å². The quantitative estimate of drug-likeness (QED) is 0.854. The van der Waals surface area contributed by atoms with Crippen LogP contribution in [0.3, 0.4) is 0 Å². The molecule has 0 saturated carbocycles. The van der Waals surface area contributed by atoms with E-state index in [4.69, 9.17) is 16.3 Å². The molecule has 1 saturated heterocycles. The summed E-state index contributed by atoms with van der Waals surface area (Å²) in [5.41, 5.74) is 1.26. The van der Waals surface area contributed by atoms with Crippen LogP contribution in [-0.2, 0) is 11.3 Å². The number of hydrogen-bond donors (Lipinski definition) is 1. The van der Waals surface area contributed by atoms with Gasteiger partial charge in [0.2, 0.25) is 0 Å². The third-order valence-corrected chi connectivity index (χ3v) is 3.25. The molecule has 0 aliphatic carbocycles. The summed E-state index contributed by atoms with van der Waals surface area (Å²) >= 11 is 6.08. The Morgan fingerprint density at radius 1 is 1.47 bits per heavy atom. The second-order valence-electron chi connectivity index (χ2n) is 4.31. The first-order valence-electron chi connectivity index (χ1n) is 5.26. The largest absolute Gasteiger partial charge is 0.379 e. The minimum Gasteiger partial charge on any atom is -0.379 e.